The van der Waals surface area contributed by atoms with Crippen molar-refractivity contribution in [2.45, 2.75) is 18.6 Å². The number of hydrogen-bond acceptors (Lipinski definition) is 5. The maximum atomic E-state index is 10.1. The monoisotopic (exact) mass is 353 g/mol. The van der Waals surface area contributed by atoms with Crippen LogP contribution in [0, 0.1) is 11.3 Å². The van der Waals surface area contributed by atoms with Gasteiger partial charge in [-0.15, -0.1) is 0 Å². The molecule has 0 heterocycles. The zero-order valence-corrected chi connectivity index (χ0v) is 15.4. The molecule has 0 radical (unpaired) electrons. The van der Waals surface area contributed by atoms with Crippen LogP contribution in [0.3, 0.4) is 0 Å². The van der Waals surface area contributed by atoms with Gasteiger partial charge in [0.25, 0.3) is 0 Å². The predicted molar refractivity (Wildman–Crippen MR) is 103 cm³/mol. The van der Waals surface area contributed by atoms with E-state index >= 15 is 0 Å². The molecule has 0 unspecified atom stereocenters. The van der Waals surface area contributed by atoms with Crippen molar-refractivity contribution in [1.29, 1.82) is 5.26 Å². The third kappa shape index (κ3) is 6.49. The molecule has 138 valence electrons. The van der Waals surface area contributed by atoms with Crippen LogP contribution >= 0.6 is 0 Å². The summed E-state index contributed by atoms with van der Waals surface area (Å²) < 4.78 is 5.61. The third-order valence-electron chi connectivity index (χ3n) is 4.17. The van der Waals surface area contributed by atoms with Gasteiger partial charge < -0.3 is 20.1 Å². The molecule has 0 aliphatic rings. The van der Waals surface area contributed by atoms with E-state index in [0.717, 1.165) is 12.1 Å². The Morgan fingerprint density at radius 3 is 2.38 bits per heavy atom. The van der Waals surface area contributed by atoms with Crippen LogP contribution in [0.4, 0.5) is 0 Å². The highest BCUT2D eigenvalue weighted by Gasteiger charge is 2.14. The second kappa shape index (κ2) is 10.6. The van der Waals surface area contributed by atoms with Crippen LogP contribution in [-0.2, 0) is 6.42 Å². The summed E-state index contributed by atoms with van der Waals surface area (Å²) in [5, 5.41) is 22.1. The number of aliphatic hydroxyl groups is 1. The topological polar surface area (TPSA) is 68.5 Å². The summed E-state index contributed by atoms with van der Waals surface area (Å²) in [6.45, 7) is 1.43. The van der Waals surface area contributed by atoms with Gasteiger partial charge in [0.2, 0.25) is 0 Å². The van der Waals surface area contributed by atoms with Crippen LogP contribution in [0.5, 0.6) is 5.75 Å². The van der Waals surface area contributed by atoms with Crippen molar-refractivity contribution in [3.63, 3.8) is 0 Å². The van der Waals surface area contributed by atoms with Gasteiger partial charge in [0.05, 0.1) is 12.5 Å². The van der Waals surface area contributed by atoms with Crippen LogP contribution in [0.2, 0.25) is 0 Å². The summed E-state index contributed by atoms with van der Waals surface area (Å²) >= 11 is 0. The van der Waals surface area contributed by atoms with Crippen molar-refractivity contribution in [2.24, 2.45) is 0 Å². The van der Waals surface area contributed by atoms with E-state index < -0.39 is 6.10 Å². The van der Waals surface area contributed by atoms with Crippen molar-refractivity contribution >= 4 is 0 Å². The number of aliphatic hydroxyl groups excluding tert-OH is 1. The fourth-order valence-corrected chi connectivity index (χ4v) is 2.71. The molecule has 2 aromatic carbocycles. The molecular formula is C21H27N3O2. The summed E-state index contributed by atoms with van der Waals surface area (Å²) in [5.74, 6) is 0.696. The van der Waals surface area contributed by atoms with Gasteiger partial charge >= 0.3 is 0 Å². The minimum absolute atomic E-state index is 0.225. The van der Waals surface area contributed by atoms with Crippen molar-refractivity contribution in [2.75, 3.05) is 33.8 Å². The lowest BCUT2D eigenvalue weighted by Gasteiger charge is -2.25. The van der Waals surface area contributed by atoms with E-state index in [1.54, 1.807) is 0 Å². The van der Waals surface area contributed by atoms with Crippen molar-refractivity contribution in [3.05, 3.63) is 65.7 Å². The summed E-state index contributed by atoms with van der Waals surface area (Å²) in [6, 6.07) is 20.1. The molecule has 0 aliphatic carbocycles. The first kappa shape index (κ1) is 19.9. The van der Waals surface area contributed by atoms with Crippen LogP contribution in [0.25, 0.3) is 0 Å². The molecule has 0 aromatic heterocycles. The lowest BCUT2D eigenvalue weighted by atomic mass is 10.1. The SMILES string of the molecule is CN(C)[C@H](CNC[C@H](O)COc1ccc(CC#N)cc1)c1ccccc1. The van der Waals surface area contributed by atoms with Crippen molar-refractivity contribution < 1.29 is 9.84 Å². The molecule has 0 saturated carbocycles. The maximum absolute atomic E-state index is 10.1. The summed E-state index contributed by atoms with van der Waals surface area (Å²) in [7, 11) is 4.10. The van der Waals surface area contributed by atoms with Crippen LogP contribution in [0.1, 0.15) is 17.2 Å². The molecule has 0 amide bonds. The molecule has 0 aliphatic heterocycles. The second-order valence-electron chi connectivity index (χ2n) is 6.49. The van der Waals surface area contributed by atoms with E-state index in [2.05, 4.69) is 42.5 Å². The summed E-state index contributed by atoms with van der Waals surface area (Å²) in [6.07, 6.45) is -0.200. The van der Waals surface area contributed by atoms with E-state index in [-0.39, 0.29) is 12.6 Å². The maximum Gasteiger partial charge on any atom is 0.119 e. The highest BCUT2D eigenvalue weighted by molar-refractivity contribution is 5.28. The minimum Gasteiger partial charge on any atom is -0.491 e. The van der Waals surface area contributed by atoms with Gasteiger partial charge in [-0.05, 0) is 37.4 Å². The van der Waals surface area contributed by atoms with Gasteiger partial charge in [-0.25, -0.2) is 0 Å². The summed E-state index contributed by atoms with van der Waals surface area (Å²) in [5.41, 5.74) is 2.20. The zero-order valence-electron chi connectivity index (χ0n) is 15.4. The molecule has 26 heavy (non-hydrogen) atoms. The first-order chi connectivity index (χ1) is 12.6. The molecule has 0 bridgehead atoms. The smallest absolute Gasteiger partial charge is 0.119 e. The Bertz CT molecular complexity index is 681. The molecule has 0 spiro atoms. The fraction of sp³-hybridized carbons (Fsp3) is 0.381. The van der Waals surface area contributed by atoms with Crippen LogP contribution < -0.4 is 10.1 Å². The highest BCUT2D eigenvalue weighted by Crippen LogP contribution is 2.16. The molecule has 2 rings (SSSR count). The number of nitrogens with zero attached hydrogens (tertiary/aromatic N) is 2. The number of nitriles is 1. The lowest BCUT2D eigenvalue weighted by molar-refractivity contribution is 0.104. The number of hydrogen-bond donors (Lipinski definition) is 2. The molecular weight excluding hydrogens is 326 g/mol. The number of rotatable bonds is 10. The quantitative estimate of drug-likeness (QED) is 0.686. The van der Waals surface area contributed by atoms with Crippen LogP contribution in [-0.4, -0.2) is 49.9 Å². The number of likely N-dealkylation sites (N-methyl/N-ethyl adjacent to an activating group) is 1. The lowest BCUT2D eigenvalue weighted by Crippen LogP contribution is -2.37. The Hall–Kier alpha value is -2.39. The van der Waals surface area contributed by atoms with E-state index in [1.165, 1.54) is 5.56 Å². The van der Waals surface area contributed by atoms with Gasteiger partial charge in [-0.3, -0.25) is 0 Å². The average molecular weight is 353 g/mol. The Kier molecular flexibility index (Phi) is 8.10. The van der Waals surface area contributed by atoms with Gasteiger partial charge in [0, 0.05) is 19.1 Å². The molecule has 0 saturated heterocycles. The number of nitrogens with one attached hydrogen (secondary N) is 1. The first-order valence-electron chi connectivity index (χ1n) is 8.79. The molecule has 5 nitrogen and oxygen atoms in total. The normalized spacial score (nSPS) is 13.2. The average Bonchev–Trinajstić information content (AvgIpc) is 2.65. The van der Waals surface area contributed by atoms with Gasteiger partial charge in [-0.2, -0.15) is 5.26 Å². The van der Waals surface area contributed by atoms with Crippen LogP contribution in [0.15, 0.2) is 54.6 Å². The third-order valence-corrected chi connectivity index (χ3v) is 4.17. The van der Waals surface area contributed by atoms with E-state index in [0.29, 0.717) is 18.7 Å². The predicted octanol–water partition coefficient (Wildman–Crippen LogP) is 2.38. The number of ether oxygens (including phenoxy) is 1. The Morgan fingerprint density at radius 1 is 1.08 bits per heavy atom. The van der Waals surface area contributed by atoms with Gasteiger partial charge in [0.1, 0.15) is 18.5 Å². The number of benzene rings is 2. The molecule has 2 N–H and O–H groups in total. The zero-order chi connectivity index (χ0) is 18.8. The Morgan fingerprint density at radius 2 is 1.77 bits per heavy atom. The highest BCUT2D eigenvalue weighted by atomic mass is 16.5. The van der Waals surface area contributed by atoms with Gasteiger partial charge in [-0.1, -0.05) is 42.5 Å². The van der Waals surface area contributed by atoms with E-state index in [9.17, 15) is 5.11 Å². The fourth-order valence-electron chi connectivity index (χ4n) is 2.71. The van der Waals surface area contributed by atoms with Crippen molar-refractivity contribution in [3.8, 4) is 11.8 Å². The standard InChI is InChI=1S/C21H27N3O2/c1-24(2)21(18-6-4-3-5-7-18)15-23-14-19(25)16-26-20-10-8-17(9-11-20)12-13-22/h3-11,19,21,23,25H,12,14-16H2,1-2H3/t19-,21+/m0/s1. The minimum atomic E-state index is -0.590. The molecule has 5 heteroatoms. The van der Waals surface area contributed by atoms with E-state index in [1.807, 2.05) is 42.5 Å². The molecule has 0 fully saturated rings. The largest absolute Gasteiger partial charge is 0.491 e. The molecule has 2 atom stereocenters. The summed E-state index contributed by atoms with van der Waals surface area (Å²) in [4.78, 5) is 2.16. The van der Waals surface area contributed by atoms with Crippen molar-refractivity contribution in [1.82, 2.24) is 10.2 Å². The second-order valence-corrected chi connectivity index (χ2v) is 6.49. The van der Waals surface area contributed by atoms with E-state index in [4.69, 9.17) is 10.00 Å². The first-order valence-corrected chi connectivity index (χ1v) is 8.79. The Balaban J connectivity index is 1.74. The molecule has 2 aromatic rings. The Labute approximate surface area is 155 Å². The van der Waals surface area contributed by atoms with Gasteiger partial charge in [0.15, 0.2) is 0 Å².